The third-order valence-electron chi connectivity index (χ3n) is 5.41. The van der Waals surface area contributed by atoms with E-state index in [1.54, 1.807) is 0 Å². The SMILES string of the molecule is CCCCCCCCCCCCCC(O)C(O)CCCCCCC(=O)OC. The van der Waals surface area contributed by atoms with E-state index in [2.05, 4.69) is 11.7 Å². The third kappa shape index (κ3) is 18.5. The van der Waals surface area contributed by atoms with Crippen LogP contribution >= 0.6 is 0 Å². The molecule has 0 rings (SSSR count). The zero-order chi connectivity index (χ0) is 20.2. The molecular weight excluding hydrogens is 340 g/mol. The molecule has 0 saturated heterocycles. The van der Waals surface area contributed by atoms with Gasteiger partial charge in [-0.3, -0.25) is 4.79 Å². The van der Waals surface area contributed by atoms with Crippen LogP contribution in [-0.4, -0.2) is 35.5 Å². The molecule has 2 N–H and O–H groups in total. The molecule has 0 fully saturated rings. The van der Waals surface area contributed by atoms with E-state index in [0.29, 0.717) is 19.3 Å². The zero-order valence-corrected chi connectivity index (χ0v) is 18.1. The number of carbonyl (C=O) groups is 1. The molecule has 27 heavy (non-hydrogen) atoms. The van der Waals surface area contributed by atoms with Crippen molar-refractivity contribution in [1.29, 1.82) is 0 Å². The Bertz CT molecular complexity index is 320. The summed E-state index contributed by atoms with van der Waals surface area (Å²) < 4.78 is 4.61. The first-order valence-electron chi connectivity index (χ1n) is 11.5. The Hall–Kier alpha value is -0.610. The van der Waals surface area contributed by atoms with Crippen molar-refractivity contribution in [3.63, 3.8) is 0 Å². The molecule has 2 atom stereocenters. The van der Waals surface area contributed by atoms with E-state index in [-0.39, 0.29) is 5.97 Å². The van der Waals surface area contributed by atoms with Gasteiger partial charge in [-0.15, -0.1) is 0 Å². The van der Waals surface area contributed by atoms with E-state index in [0.717, 1.165) is 38.5 Å². The van der Waals surface area contributed by atoms with Gasteiger partial charge in [-0.05, 0) is 19.3 Å². The number of aliphatic hydroxyl groups excluding tert-OH is 2. The molecule has 0 radical (unpaired) electrons. The summed E-state index contributed by atoms with van der Waals surface area (Å²) in [5.74, 6) is -0.155. The average molecular weight is 387 g/mol. The van der Waals surface area contributed by atoms with Crippen LogP contribution in [-0.2, 0) is 9.53 Å². The lowest BCUT2D eigenvalue weighted by Gasteiger charge is -2.17. The molecule has 4 heteroatoms. The van der Waals surface area contributed by atoms with Crippen molar-refractivity contribution in [2.24, 2.45) is 0 Å². The van der Waals surface area contributed by atoms with Crippen molar-refractivity contribution in [2.75, 3.05) is 7.11 Å². The lowest BCUT2D eigenvalue weighted by molar-refractivity contribution is -0.140. The summed E-state index contributed by atoms with van der Waals surface area (Å²) in [6.07, 6.45) is 18.6. The molecule has 4 nitrogen and oxygen atoms in total. The van der Waals surface area contributed by atoms with Gasteiger partial charge in [-0.25, -0.2) is 0 Å². The van der Waals surface area contributed by atoms with Gasteiger partial charge in [0.15, 0.2) is 0 Å². The molecule has 0 aliphatic carbocycles. The molecule has 0 aromatic heterocycles. The van der Waals surface area contributed by atoms with Gasteiger partial charge in [0.05, 0.1) is 19.3 Å². The number of unbranched alkanes of at least 4 members (excludes halogenated alkanes) is 13. The van der Waals surface area contributed by atoms with Gasteiger partial charge in [0.1, 0.15) is 0 Å². The predicted octanol–water partition coefficient (Wildman–Crippen LogP) is 5.92. The van der Waals surface area contributed by atoms with Crippen molar-refractivity contribution >= 4 is 5.97 Å². The first kappa shape index (κ1) is 26.4. The van der Waals surface area contributed by atoms with Crippen LogP contribution in [0, 0.1) is 0 Å². The molecule has 0 aromatic rings. The Morgan fingerprint density at radius 3 is 1.44 bits per heavy atom. The quantitative estimate of drug-likeness (QED) is 0.201. The third-order valence-corrected chi connectivity index (χ3v) is 5.41. The van der Waals surface area contributed by atoms with E-state index in [4.69, 9.17) is 0 Å². The molecule has 162 valence electrons. The van der Waals surface area contributed by atoms with Gasteiger partial charge in [-0.2, -0.15) is 0 Å². The van der Waals surface area contributed by atoms with E-state index in [1.165, 1.54) is 64.9 Å². The predicted molar refractivity (Wildman–Crippen MR) is 113 cm³/mol. The van der Waals surface area contributed by atoms with Crippen LogP contribution in [0.3, 0.4) is 0 Å². The lowest BCUT2D eigenvalue weighted by Crippen LogP contribution is -2.25. The summed E-state index contributed by atoms with van der Waals surface area (Å²) in [6, 6.07) is 0. The minimum absolute atomic E-state index is 0.155. The van der Waals surface area contributed by atoms with Gasteiger partial charge in [0.25, 0.3) is 0 Å². The monoisotopic (exact) mass is 386 g/mol. The summed E-state index contributed by atoms with van der Waals surface area (Å²) in [5, 5.41) is 20.1. The Balaban J connectivity index is 3.36. The summed E-state index contributed by atoms with van der Waals surface area (Å²) in [4.78, 5) is 11.0. The number of methoxy groups -OCH3 is 1. The van der Waals surface area contributed by atoms with Crippen LogP contribution < -0.4 is 0 Å². The van der Waals surface area contributed by atoms with Crippen molar-refractivity contribution in [3.8, 4) is 0 Å². The zero-order valence-electron chi connectivity index (χ0n) is 18.1. The van der Waals surface area contributed by atoms with Crippen LogP contribution in [0.25, 0.3) is 0 Å². The number of aliphatic hydroxyl groups is 2. The average Bonchev–Trinajstić information content (AvgIpc) is 2.68. The first-order chi connectivity index (χ1) is 13.1. The fourth-order valence-electron chi connectivity index (χ4n) is 3.48. The fraction of sp³-hybridized carbons (Fsp3) is 0.957. The van der Waals surface area contributed by atoms with Crippen molar-refractivity contribution in [3.05, 3.63) is 0 Å². The second-order valence-electron chi connectivity index (χ2n) is 7.99. The van der Waals surface area contributed by atoms with Crippen LogP contribution in [0.2, 0.25) is 0 Å². The van der Waals surface area contributed by atoms with Crippen molar-refractivity contribution < 1.29 is 19.7 Å². The highest BCUT2D eigenvalue weighted by molar-refractivity contribution is 5.68. The molecule has 0 aromatic carbocycles. The molecule has 0 aliphatic heterocycles. The van der Waals surface area contributed by atoms with Crippen LogP contribution in [0.1, 0.15) is 122 Å². The Kier molecular flexibility index (Phi) is 19.7. The van der Waals surface area contributed by atoms with E-state index in [9.17, 15) is 15.0 Å². The topological polar surface area (TPSA) is 66.8 Å². The molecule has 0 heterocycles. The number of carbonyl (C=O) groups excluding carboxylic acids is 1. The summed E-state index contributed by atoms with van der Waals surface area (Å²) in [5.41, 5.74) is 0. The highest BCUT2D eigenvalue weighted by atomic mass is 16.5. The smallest absolute Gasteiger partial charge is 0.305 e. The molecule has 0 saturated carbocycles. The van der Waals surface area contributed by atoms with Crippen LogP contribution in [0.15, 0.2) is 0 Å². The summed E-state index contributed by atoms with van der Waals surface area (Å²) in [7, 11) is 1.41. The largest absolute Gasteiger partial charge is 0.469 e. The fourth-order valence-corrected chi connectivity index (χ4v) is 3.48. The van der Waals surface area contributed by atoms with Crippen molar-refractivity contribution in [2.45, 2.75) is 135 Å². The molecule has 0 spiro atoms. The Morgan fingerprint density at radius 2 is 1.04 bits per heavy atom. The number of hydrogen-bond donors (Lipinski definition) is 2. The second-order valence-corrected chi connectivity index (χ2v) is 7.99. The maximum absolute atomic E-state index is 11.0. The minimum atomic E-state index is -0.603. The maximum Gasteiger partial charge on any atom is 0.305 e. The van der Waals surface area contributed by atoms with Gasteiger partial charge >= 0.3 is 5.97 Å². The minimum Gasteiger partial charge on any atom is -0.469 e. The maximum atomic E-state index is 11.0. The van der Waals surface area contributed by atoms with Gasteiger partial charge in [0, 0.05) is 6.42 Å². The van der Waals surface area contributed by atoms with Crippen LogP contribution in [0.4, 0.5) is 0 Å². The van der Waals surface area contributed by atoms with Crippen LogP contribution in [0.5, 0.6) is 0 Å². The molecule has 0 aliphatic rings. The normalized spacial score (nSPS) is 13.5. The van der Waals surface area contributed by atoms with Gasteiger partial charge < -0.3 is 14.9 Å². The van der Waals surface area contributed by atoms with Gasteiger partial charge in [0.2, 0.25) is 0 Å². The molecule has 0 bridgehead atoms. The number of esters is 1. The Morgan fingerprint density at radius 1 is 0.667 bits per heavy atom. The van der Waals surface area contributed by atoms with E-state index in [1.807, 2.05) is 0 Å². The summed E-state index contributed by atoms with van der Waals surface area (Å²) >= 11 is 0. The lowest BCUT2D eigenvalue weighted by atomic mass is 9.99. The standard InChI is InChI=1S/C23H46O4/c1-3-4-5-6-7-8-9-10-11-12-15-18-21(24)22(25)19-16-13-14-17-20-23(26)27-2/h21-22,24-25H,3-20H2,1-2H3. The van der Waals surface area contributed by atoms with Crippen molar-refractivity contribution in [1.82, 2.24) is 0 Å². The first-order valence-corrected chi connectivity index (χ1v) is 11.5. The second kappa shape index (κ2) is 20.1. The molecular formula is C23H46O4. The number of ether oxygens (including phenoxy) is 1. The summed E-state index contributed by atoms with van der Waals surface area (Å²) in [6.45, 7) is 2.26. The molecule has 2 unspecified atom stereocenters. The highest BCUT2D eigenvalue weighted by Gasteiger charge is 2.15. The van der Waals surface area contributed by atoms with E-state index >= 15 is 0 Å². The van der Waals surface area contributed by atoms with Gasteiger partial charge in [-0.1, -0.05) is 96.8 Å². The van der Waals surface area contributed by atoms with E-state index < -0.39 is 12.2 Å². The number of hydrogen-bond acceptors (Lipinski definition) is 4. The Labute approximate surface area is 168 Å². The molecule has 0 amide bonds. The number of rotatable bonds is 20. The highest BCUT2D eigenvalue weighted by Crippen LogP contribution is 2.16.